The molecule has 1 saturated carbocycles. The van der Waals surface area contributed by atoms with Crippen molar-refractivity contribution in [1.29, 1.82) is 0 Å². The Kier molecular flexibility index (Phi) is 4.39. The molecule has 1 unspecified atom stereocenters. The van der Waals surface area contributed by atoms with Gasteiger partial charge in [-0.1, -0.05) is 13.8 Å². The Bertz CT molecular complexity index is 160. The van der Waals surface area contributed by atoms with Gasteiger partial charge in [0.2, 0.25) is 0 Å². The molecule has 2 nitrogen and oxygen atoms in total. The minimum atomic E-state index is -0.136. The first-order valence-electron chi connectivity index (χ1n) is 5.94. The van der Waals surface area contributed by atoms with Gasteiger partial charge in [-0.25, -0.2) is 0 Å². The van der Waals surface area contributed by atoms with Crippen LogP contribution < -0.4 is 5.73 Å². The maximum absolute atomic E-state index is 6.04. The van der Waals surface area contributed by atoms with Gasteiger partial charge >= 0.3 is 0 Å². The minimum Gasteiger partial charge on any atom is -0.376 e. The lowest BCUT2D eigenvalue weighted by molar-refractivity contribution is -0.00417. The first-order chi connectivity index (χ1) is 6.53. The molecule has 0 spiro atoms. The molecule has 1 aliphatic carbocycles. The first kappa shape index (κ1) is 12.0. The van der Waals surface area contributed by atoms with Crippen molar-refractivity contribution in [2.45, 2.75) is 64.5 Å². The van der Waals surface area contributed by atoms with E-state index >= 15 is 0 Å². The van der Waals surface area contributed by atoms with Crippen molar-refractivity contribution < 1.29 is 4.74 Å². The molecule has 0 aromatic rings. The third-order valence-electron chi connectivity index (χ3n) is 3.42. The lowest BCUT2D eigenvalue weighted by atomic mass is 9.89. The molecule has 1 fully saturated rings. The quantitative estimate of drug-likeness (QED) is 0.755. The Morgan fingerprint density at radius 2 is 1.86 bits per heavy atom. The topological polar surface area (TPSA) is 35.2 Å². The van der Waals surface area contributed by atoms with Crippen LogP contribution in [-0.2, 0) is 4.74 Å². The standard InChI is InChI=1S/C12H25NO/c1-4-12(3,13)9-14-11-7-5-10(2)6-8-11/h10-11H,4-9,13H2,1-3H3. The van der Waals surface area contributed by atoms with Gasteiger partial charge in [0.1, 0.15) is 0 Å². The van der Waals surface area contributed by atoms with E-state index in [9.17, 15) is 0 Å². The summed E-state index contributed by atoms with van der Waals surface area (Å²) in [6.07, 6.45) is 6.54. The highest BCUT2D eigenvalue weighted by Gasteiger charge is 2.22. The molecule has 0 radical (unpaired) electrons. The van der Waals surface area contributed by atoms with Crippen LogP contribution in [0, 0.1) is 5.92 Å². The summed E-state index contributed by atoms with van der Waals surface area (Å²) in [5.74, 6) is 0.894. The van der Waals surface area contributed by atoms with Gasteiger partial charge in [-0.15, -0.1) is 0 Å². The van der Waals surface area contributed by atoms with Gasteiger partial charge in [0.15, 0.2) is 0 Å². The maximum atomic E-state index is 6.04. The van der Waals surface area contributed by atoms with Crippen molar-refractivity contribution in [3.05, 3.63) is 0 Å². The fourth-order valence-corrected chi connectivity index (χ4v) is 1.81. The molecule has 1 rings (SSSR count). The maximum Gasteiger partial charge on any atom is 0.0647 e. The van der Waals surface area contributed by atoms with Crippen LogP contribution in [0.3, 0.4) is 0 Å². The van der Waals surface area contributed by atoms with E-state index < -0.39 is 0 Å². The second-order valence-corrected chi connectivity index (χ2v) is 5.20. The van der Waals surface area contributed by atoms with Crippen molar-refractivity contribution in [1.82, 2.24) is 0 Å². The summed E-state index contributed by atoms with van der Waals surface area (Å²) in [6.45, 7) is 7.22. The van der Waals surface area contributed by atoms with Crippen LogP contribution in [0.1, 0.15) is 52.9 Å². The first-order valence-corrected chi connectivity index (χ1v) is 5.94. The molecular formula is C12H25NO. The zero-order chi connectivity index (χ0) is 10.6. The smallest absolute Gasteiger partial charge is 0.0647 e. The fraction of sp³-hybridized carbons (Fsp3) is 1.00. The molecule has 84 valence electrons. The molecule has 0 heterocycles. The highest BCUT2D eigenvalue weighted by Crippen LogP contribution is 2.26. The fourth-order valence-electron chi connectivity index (χ4n) is 1.81. The molecule has 14 heavy (non-hydrogen) atoms. The Hall–Kier alpha value is -0.0800. The molecule has 0 bridgehead atoms. The third-order valence-corrected chi connectivity index (χ3v) is 3.42. The van der Waals surface area contributed by atoms with E-state index in [1.165, 1.54) is 25.7 Å². The van der Waals surface area contributed by atoms with Crippen LogP contribution in [-0.4, -0.2) is 18.2 Å². The van der Waals surface area contributed by atoms with E-state index in [0.29, 0.717) is 12.7 Å². The van der Waals surface area contributed by atoms with E-state index in [0.717, 1.165) is 12.3 Å². The average molecular weight is 199 g/mol. The molecule has 0 aromatic carbocycles. The average Bonchev–Trinajstić information content (AvgIpc) is 2.17. The largest absolute Gasteiger partial charge is 0.376 e. The number of hydrogen-bond donors (Lipinski definition) is 1. The van der Waals surface area contributed by atoms with Gasteiger partial charge in [-0.3, -0.25) is 0 Å². The van der Waals surface area contributed by atoms with Crippen molar-refractivity contribution in [2.24, 2.45) is 11.7 Å². The molecule has 1 aliphatic rings. The Labute approximate surface area is 88.2 Å². The number of rotatable bonds is 4. The summed E-state index contributed by atoms with van der Waals surface area (Å²) in [5.41, 5.74) is 5.90. The summed E-state index contributed by atoms with van der Waals surface area (Å²) in [5, 5.41) is 0. The molecule has 0 aliphatic heterocycles. The number of hydrogen-bond acceptors (Lipinski definition) is 2. The second-order valence-electron chi connectivity index (χ2n) is 5.20. The van der Waals surface area contributed by atoms with Gasteiger partial charge in [-0.2, -0.15) is 0 Å². The second kappa shape index (κ2) is 5.13. The molecular weight excluding hydrogens is 174 g/mol. The Balaban J connectivity index is 2.19. The molecule has 0 aromatic heterocycles. The summed E-state index contributed by atoms with van der Waals surface area (Å²) < 4.78 is 5.86. The van der Waals surface area contributed by atoms with Gasteiger partial charge in [0.25, 0.3) is 0 Å². The number of nitrogens with two attached hydrogens (primary N) is 1. The van der Waals surface area contributed by atoms with Gasteiger partial charge in [0.05, 0.1) is 12.7 Å². The van der Waals surface area contributed by atoms with Crippen molar-refractivity contribution in [3.8, 4) is 0 Å². The monoisotopic (exact) mass is 199 g/mol. The summed E-state index contributed by atoms with van der Waals surface area (Å²) in [6, 6.07) is 0. The molecule has 0 saturated heterocycles. The van der Waals surface area contributed by atoms with Crippen molar-refractivity contribution in [2.75, 3.05) is 6.61 Å². The van der Waals surface area contributed by atoms with E-state index in [2.05, 4.69) is 20.8 Å². The van der Waals surface area contributed by atoms with Gasteiger partial charge in [0, 0.05) is 5.54 Å². The van der Waals surface area contributed by atoms with Crippen LogP contribution in [0.2, 0.25) is 0 Å². The van der Waals surface area contributed by atoms with Crippen LogP contribution in [0.5, 0.6) is 0 Å². The predicted molar refractivity (Wildman–Crippen MR) is 60.3 cm³/mol. The molecule has 0 amide bonds. The van der Waals surface area contributed by atoms with Crippen LogP contribution in [0.15, 0.2) is 0 Å². The van der Waals surface area contributed by atoms with Gasteiger partial charge in [-0.05, 0) is 44.9 Å². The third kappa shape index (κ3) is 3.97. The SMILES string of the molecule is CCC(C)(N)COC1CCC(C)CC1. The van der Waals surface area contributed by atoms with E-state index in [1.54, 1.807) is 0 Å². The van der Waals surface area contributed by atoms with Crippen LogP contribution >= 0.6 is 0 Å². The lowest BCUT2D eigenvalue weighted by Crippen LogP contribution is -2.42. The van der Waals surface area contributed by atoms with Crippen LogP contribution in [0.25, 0.3) is 0 Å². The summed E-state index contributed by atoms with van der Waals surface area (Å²) >= 11 is 0. The van der Waals surface area contributed by atoms with Crippen LogP contribution in [0.4, 0.5) is 0 Å². The van der Waals surface area contributed by atoms with E-state index in [4.69, 9.17) is 10.5 Å². The number of ether oxygens (including phenoxy) is 1. The normalized spacial score (nSPS) is 32.6. The summed E-state index contributed by atoms with van der Waals surface area (Å²) in [4.78, 5) is 0. The molecule has 2 heteroatoms. The van der Waals surface area contributed by atoms with E-state index in [1.807, 2.05) is 0 Å². The predicted octanol–water partition coefficient (Wildman–Crippen LogP) is 2.71. The molecule has 1 atom stereocenters. The van der Waals surface area contributed by atoms with Crippen molar-refractivity contribution in [3.63, 3.8) is 0 Å². The highest BCUT2D eigenvalue weighted by atomic mass is 16.5. The minimum absolute atomic E-state index is 0.136. The Morgan fingerprint density at radius 1 is 1.29 bits per heavy atom. The summed E-state index contributed by atoms with van der Waals surface area (Å²) in [7, 11) is 0. The van der Waals surface area contributed by atoms with Crippen molar-refractivity contribution >= 4 is 0 Å². The lowest BCUT2D eigenvalue weighted by Gasteiger charge is -2.30. The highest BCUT2D eigenvalue weighted by molar-refractivity contribution is 4.78. The molecule has 2 N–H and O–H groups in total. The van der Waals surface area contributed by atoms with Gasteiger partial charge < -0.3 is 10.5 Å². The zero-order valence-electron chi connectivity index (χ0n) is 9.88. The van der Waals surface area contributed by atoms with E-state index in [-0.39, 0.29) is 5.54 Å². The zero-order valence-corrected chi connectivity index (χ0v) is 9.88. The Morgan fingerprint density at radius 3 is 2.36 bits per heavy atom.